The van der Waals surface area contributed by atoms with Gasteiger partial charge in [-0.1, -0.05) is 30.3 Å². The molecule has 3 rings (SSSR count). The summed E-state index contributed by atoms with van der Waals surface area (Å²) in [7, 11) is 0. The van der Waals surface area contributed by atoms with Crippen LogP contribution in [0.5, 0.6) is 0 Å². The standard InChI is InChI=1S/C17H14F3N3O3/c1-11(24)21-16(17(18,19)20)15(25)23(10-13-8-5-9-26-13)14(22-16)12-6-3-2-4-7-12/h2-9H,10H2,1H3,(H,21,24). The van der Waals surface area contributed by atoms with Gasteiger partial charge in [-0.3, -0.25) is 14.5 Å². The van der Waals surface area contributed by atoms with Gasteiger partial charge in [-0.15, -0.1) is 0 Å². The Balaban J connectivity index is 2.13. The number of rotatable bonds is 4. The topological polar surface area (TPSA) is 74.9 Å². The Morgan fingerprint density at radius 2 is 1.92 bits per heavy atom. The van der Waals surface area contributed by atoms with Crippen molar-refractivity contribution in [3.8, 4) is 0 Å². The van der Waals surface area contributed by atoms with Crippen molar-refractivity contribution in [1.29, 1.82) is 0 Å². The number of hydrogen-bond acceptors (Lipinski definition) is 4. The van der Waals surface area contributed by atoms with E-state index in [-0.39, 0.29) is 18.1 Å². The lowest BCUT2D eigenvalue weighted by atomic mass is 10.1. The molecular weight excluding hydrogens is 351 g/mol. The largest absolute Gasteiger partial charge is 0.467 e. The average Bonchev–Trinajstić information content (AvgIpc) is 3.17. The minimum Gasteiger partial charge on any atom is -0.467 e. The molecule has 0 bridgehead atoms. The number of carbonyl (C=O) groups excluding carboxylic acids is 2. The van der Waals surface area contributed by atoms with Gasteiger partial charge in [-0.25, -0.2) is 4.99 Å². The molecular formula is C17H14F3N3O3. The number of amidine groups is 1. The number of amides is 2. The van der Waals surface area contributed by atoms with Gasteiger partial charge in [0.05, 0.1) is 12.8 Å². The number of nitrogens with one attached hydrogen (secondary N) is 1. The summed E-state index contributed by atoms with van der Waals surface area (Å²) in [5, 5.41) is 1.68. The Labute approximate surface area is 146 Å². The smallest absolute Gasteiger partial charge is 0.442 e. The fourth-order valence-electron chi connectivity index (χ4n) is 2.66. The lowest BCUT2D eigenvalue weighted by molar-refractivity contribution is -0.200. The minimum absolute atomic E-state index is 0.196. The molecule has 0 aliphatic carbocycles. The molecule has 1 aliphatic heterocycles. The van der Waals surface area contributed by atoms with E-state index in [0.29, 0.717) is 5.56 Å². The molecule has 26 heavy (non-hydrogen) atoms. The van der Waals surface area contributed by atoms with Crippen LogP contribution in [0.4, 0.5) is 13.2 Å². The molecule has 0 saturated heterocycles. The third-order valence-electron chi connectivity index (χ3n) is 3.78. The van der Waals surface area contributed by atoms with Crippen molar-refractivity contribution in [2.75, 3.05) is 0 Å². The van der Waals surface area contributed by atoms with Crippen molar-refractivity contribution >= 4 is 17.6 Å². The van der Waals surface area contributed by atoms with Gasteiger partial charge in [0.15, 0.2) is 0 Å². The van der Waals surface area contributed by atoms with Gasteiger partial charge in [-0.2, -0.15) is 13.2 Å². The molecule has 1 unspecified atom stereocenters. The van der Waals surface area contributed by atoms with Crippen molar-refractivity contribution < 1.29 is 27.2 Å². The first-order chi connectivity index (χ1) is 12.2. The van der Waals surface area contributed by atoms with E-state index in [0.717, 1.165) is 11.8 Å². The normalized spacial score (nSPS) is 20.2. The average molecular weight is 365 g/mol. The molecule has 1 atom stereocenters. The molecule has 6 nitrogen and oxygen atoms in total. The van der Waals surface area contributed by atoms with Crippen LogP contribution in [0.25, 0.3) is 0 Å². The van der Waals surface area contributed by atoms with Crippen LogP contribution in [0.15, 0.2) is 58.1 Å². The van der Waals surface area contributed by atoms with Crippen molar-refractivity contribution in [3.05, 3.63) is 60.1 Å². The molecule has 0 spiro atoms. The summed E-state index contributed by atoms with van der Waals surface area (Å²) in [6.07, 6.45) is -3.77. The molecule has 1 aromatic heterocycles. The van der Waals surface area contributed by atoms with E-state index in [2.05, 4.69) is 4.99 Å². The van der Waals surface area contributed by atoms with Crippen LogP contribution >= 0.6 is 0 Å². The number of aliphatic imine (C=N–C) groups is 1. The zero-order valence-corrected chi connectivity index (χ0v) is 13.6. The first-order valence-corrected chi connectivity index (χ1v) is 7.60. The molecule has 2 heterocycles. The zero-order valence-electron chi connectivity index (χ0n) is 13.6. The first kappa shape index (κ1) is 17.7. The predicted molar refractivity (Wildman–Crippen MR) is 84.8 cm³/mol. The van der Waals surface area contributed by atoms with E-state index in [1.165, 1.54) is 24.5 Å². The van der Waals surface area contributed by atoms with Gasteiger partial charge < -0.3 is 9.73 Å². The Morgan fingerprint density at radius 1 is 1.23 bits per heavy atom. The third kappa shape index (κ3) is 2.96. The van der Waals surface area contributed by atoms with Crippen LogP contribution in [0.3, 0.4) is 0 Å². The molecule has 2 aromatic rings. The summed E-state index contributed by atoms with van der Waals surface area (Å²) in [6, 6.07) is 11.0. The Kier molecular flexibility index (Phi) is 4.31. The highest BCUT2D eigenvalue weighted by atomic mass is 19.4. The third-order valence-corrected chi connectivity index (χ3v) is 3.78. The fraction of sp³-hybridized carbons (Fsp3) is 0.235. The number of nitrogens with zero attached hydrogens (tertiary/aromatic N) is 2. The molecule has 0 saturated carbocycles. The van der Waals surface area contributed by atoms with Crippen molar-refractivity contribution in [3.63, 3.8) is 0 Å². The van der Waals surface area contributed by atoms with Gasteiger partial charge in [0, 0.05) is 12.5 Å². The van der Waals surface area contributed by atoms with Crippen molar-refractivity contribution in [2.45, 2.75) is 25.3 Å². The monoisotopic (exact) mass is 365 g/mol. The molecule has 136 valence electrons. The highest BCUT2D eigenvalue weighted by molar-refractivity contribution is 6.16. The predicted octanol–water partition coefficient (Wildman–Crippen LogP) is 2.46. The maximum absolute atomic E-state index is 13.8. The summed E-state index contributed by atoms with van der Waals surface area (Å²) < 4.78 is 46.5. The lowest BCUT2D eigenvalue weighted by Gasteiger charge is -2.28. The highest BCUT2D eigenvalue weighted by Gasteiger charge is 2.67. The summed E-state index contributed by atoms with van der Waals surface area (Å²) in [6.45, 7) is 0.643. The number of furan rings is 1. The minimum atomic E-state index is -5.12. The summed E-state index contributed by atoms with van der Waals surface area (Å²) in [5.74, 6) is -2.33. The number of carbonyl (C=O) groups is 2. The van der Waals surface area contributed by atoms with Gasteiger partial charge in [0.25, 0.3) is 5.91 Å². The van der Waals surface area contributed by atoms with Gasteiger partial charge in [-0.05, 0) is 12.1 Å². The Bertz CT molecular complexity index is 847. The molecule has 0 radical (unpaired) electrons. The SMILES string of the molecule is CC(=O)NC1(C(F)(F)F)N=C(c2ccccc2)N(Cc2ccco2)C1=O. The molecule has 1 aromatic carbocycles. The fourth-order valence-corrected chi connectivity index (χ4v) is 2.66. The summed E-state index contributed by atoms with van der Waals surface area (Å²) >= 11 is 0. The van der Waals surface area contributed by atoms with E-state index in [1.807, 2.05) is 0 Å². The van der Waals surface area contributed by atoms with Crippen LogP contribution in [0, 0.1) is 0 Å². The van der Waals surface area contributed by atoms with Gasteiger partial charge in [0.2, 0.25) is 5.91 Å². The highest BCUT2D eigenvalue weighted by Crippen LogP contribution is 2.38. The number of hydrogen-bond donors (Lipinski definition) is 1. The van der Waals surface area contributed by atoms with Crippen LogP contribution in [-0.4, -0.2) is 34.4 Å². The summed E-state index contributed by atoms with van der Waals surface area (Å²) in [4.78, 5) is 28.6. The maximum atomic E-state index is 13.8. The number of alkyl halides is 3. The molecule has 0 fully saturated rings. The van der Waals surface area contributed by atoms with E-state index in [1.54, 1.807) is 29.6 Å². The molecule has 1 N–H and O–H groups in total. The van der Waals surface area contributed by atoms with E-state index in [4.69, 9.17) is 4.42 Å². The van der Waals surface area contributed by atoms with E-state index >= 15 is 0 Å². The summed E-state index contributed by atoms with van der Waals surface area (Å²) in [5.41, 5.74) is -3.06. The molecule has 2 amide bonds. The molecule has 9 heteroatoms. The van der Waals surface area contributed by atoms with Crippen LogP contribution in [0.1, 0.15) is 18.2 Å². The van der Waals surface area contributed by atoms with Crippen LogP contribution < -0.4 is 5.32 Å². The quantitative estimate of drug-likeness (QED) is 0.905. The lowest BCUT2D eigenvalue weighted by Crippen LogP contribution is -2.62. The number of benzene rings is 1. The van der Waals surface area contributed by atoms with Crippen molar-refractivity contribution in [2.24, 2.45) is 4.99 Å². The van der Waals surface area contributed by atoms with Crippen molar-refractivity contribution in [1.82, 2.24) is 10.2 Å². The first-order valence-electron chi connectivity index (χ1n) is 7.60. The number of halogens is 3. The Morgan fingerprint density at radius 3 is 2.46 bits per heavy atom. The second kappa shape index (κ2) is 6.32. The van der Waals surface area contributed by atoms with E-state index in [9.17, 15) is 22.8 Å². The Hall–Kier alpha value is -3.10. The van der Waals surface area contributed by atoms with Gasteiger partial charge in [0.1, 0.15) is 11.6 Å². The maximum Gasteiger partial charge on any atom is 0.442 e. The second-order valence-electron chi connectivity index (χ2n) is 5.66. The van der Waals surface area contributed by atoms with Crippen LogP contribution in [-0.2, 0) is 16.1 Å². The van der Waals surface area contributed by atoms with E-state index < -0.39 is 23.7 Å². The zero-order chi connectivity index (χ0) is 18.9. The molecule has 1 aliphatic rings. The van der Waals surface area contributed by atoms with Crippen LogP contribution in [0.2, 0.25) is 0 Å². The van der Waals surface area contributed by atoms with Gasteiger partial charge >= 0.3 is 11.8 Å². The second-order valence-corrected chi connectivity index (χ2v) is 5.66.